The number of nitrogens with one attached hydrogen (secondary N) is 1. The zero-order chi connectivity index (χ0) is 12.2. The van der Waals surface area contributed by atoms with Crippen LogP contribution in [0.1, 0.15) is 46.5 Å². The van der Waals surface area contributed by atoms with Crippen LogP contribution >= 0.6 is 0 Å². The Hall–Kier alpha value is -0.610. The second-order valence-electron chi connectivity index (χ2n) is 4.81. The molecule has 0 saturated heterocycles. The topological polar surface area (TPSA) is 64.3 Å². The van der Waals surface area contributed by atoms with Crippen molar-refractivity contribution in [1.29, 1.82) is 0 Å². The number of hydrogen-bond acceptors (Lipinski definition) is 3. The summed E-state index contributed by atoms with van der Waals surface area (Å²) in [5.74, 6) is -0.0166. The van der Waals surface area contributed by atoms with Crippen LogP contribution in [0.2, 0.25) is 0 Å². The van der Waals surface area contributed by atoms with Crippen molar-refractivity contribution in [3.63, 3.8) is 0 Å². The van der Waals surface area contributed by atoms with E-state index in [0.717, 1.165) is 25.7 Å². The number of ether oxygens (including phenoxy) is 1. The summed E-state index contributed by atoms with van der Waals surface area (Å²) in [6.45, 7) is 6.31. The molecule has 1 atom stereocenters. The van der Waals surface area contributed by atoms with Crippen LogP contribution in [0.25, 0.3) is 0 Å². The van der Waals surface area contributed by atoms with Crippen LogP contribution in [0.3, 0.4) is 0 Å². The number of amides is 1. The molecule has 4 heteroatoms. The normalized spacial score (nSPS) is 18.2. The molecule has 4 nitrogen and oxygen atoms in total. The van der Waals surface area contributed by atoms with E-state index in [-0.39, 0.29) is 11.4 Å². The summed E-state index contributed by atoms with van der Waals surface area (Å²) in [6.07, 6.45) is 3.52. The summed E-state index contributed by atoms with van der Waals surface area (Å²) in [5.41, 5.74) is 5.80. The van der Waals surface area contributed by atoms with Crippen LogP contribution in [0.15, 0.2) is 0 Å². The third-order valence-electron chi connectivity index (χ3n) is 3.32. The lowest BCUT2D eigenvalue weighted by molar-refractivity contribution is -0.133. The lowest BCUT2D eigenvalue weighted by atomic mass is 9.95. The van der Waals surface area contributed by atoms with Crippen LogP contribution in [0, 0.1) is 0 Å². The Morgan fingerprint density at radius 3 is 2.50 bits per heavy atom. The molecule has 94 valence electrons. The van der Waals surface area contributed by atoms with E-state index in [4.69, 9.17) is 10.5 Å². The minimum atomic E-state index is -0.401. The van der Waals surface area contributed by atoms with Crippen LogP contribution in [-0.4, -0.2) is 30.2 Å². The van der Waals surface area contributed by atoms with Gasteiger partial charge in [0.15, 0.2) is 0 Å². The Bertz CT molecular complexity index is 235. The van der Waals surface area contributed by atoms with Crippen molar-refractivity contribution < 1.29 is 9.53 Å². The number of nitrogens with two attached hydrogens (primary N) is 1. The summed E-state index contributed by atoms with van der Waals surface area (Å²) in [4.78, 5) is 11.6. The molecule has 0 bridgehead atoms. The highest BCUT2D eigenvalue weighted by atomic mass is 16.5. The van der Waals surface area contributed by atoms with Crippen molar-refractivity contribution in [3.8, 4) is 0 Å². The molecule has 0 aliphatic heterocycles. The van der Waals surface area contributed by atoms with Gasteiger partial charge in [0.1, 0.15) is 6.10 Å². The highest BCUT2D eigenvalue weighted by molar-refractivity contribution is 5.80. The van der Waals surface area contributed by atoms with E-state index >= 15 is 0 Å². The van der Waals surface area contributed by atoms with Gasteiger partial charge < -0.3 is 15.8 Å². The van der Waals surface area contributed by atoms with Gasteiger partial charge in [-0.3, -0.25) is 4.79 Å². The molecule has 1 aliphatic carbocycles. The van der Waals surface area contributed by atoms with Crippen molar-refractivity contribution in [3.05, 3.63) is 0 Å². The Kier molecular flexibility index (Phi) is 4.74. The van der Waals surface area contributed by atoms with Gasteiger partial charge in [-0.2, -0.15) is 0 Å². The summed E-state index contributed by atoms with van der Waals surface area (Å²) in [5, 5.41) is 2.92. The van der Waals surface area contributed by atoms with E-state index in [9.17, 15) is 4.79 Å². The molecule has 1 fully saturated rings. The fourth-order valence-electron chi connectivity index (χ4n) is 1.37. The molecule has 16 heavy (non-hydrogen) atoms. The van der Waals surface area contributed by atoms with E-state index in [2.05, 4.69) is 5.32 Å². The number of rotatable bonds is 7. The van der Waals surface area contributed by atoms with Gasteiger partial charge in [-0.15, -0.1) is 0 Å². The molecule has 1 rings (SSSR count). The minimum Gasteiger partial charge on any atom is -0.367 e. The number of carbonyl (C=O) groups excluding carboxylic acids is 1. The first-order valence-corrected chi connectivity index (χ1v) is 6.21. The first-order chi connectivity index (χ1) is 7.50. The SMILES string of the molecule is CCC(N)(CC)COC(C)C(=O)NC1CC1. The van der Waals surface area contributed by atoms with Gasteiger partial charge in [-0.1, -0.05) is 13.8 Å². The molecule has 1 aliphatic rings. The van der Waals surface area contributed by atoms with Gasteiger partial charge in [0.25, 0.3) is 0 Å². The third-order valence-corrected chi connectivity index (χ3v) is 3.32. The standard InChI is InChI=1S/C12H24N2O2/c1-4-12(13,5-2)8-16-9(3)11(15)14-10-6-7-10/h9-10H,4-8,13H2,1-3H3,(H,14,15). The Labute approximate surface area is 97.9 Å². The lowest BCUT2D eigenvalue weighted by Crippen LogP contribution is -2.46. The maximum absolute atomic E-state index is 11.6. The molecule has 0 aromatic carbocycles. The Morgan fingerprint density at radius 2 is 2.06 bits per heavy atom. The number of hydrogen-bond donors (Lipinski definition) is 2. The molecule has 1 saturated carbocycles. The molecule has 0 aromatic heterocycles. The fraction of sp³-hybridized carbons (Fsp3) is 0.917. The van der Waals surface area contributed by atoms with Crippen LogP contribution in [0.4, 0.5) is 0 Å². The van der Waals surface area contributed by atoms with Gasteiger partial charge in [0, 0.05) is 11.6 Å². The summed E-state index contributed by atoms with van der Waals surface area (Å²) in [6, 6.07) is 0.388. The molecule has 1 unspecified atom stereocenters. The van der Waals surface area contributed by atoms with Crippen LogP contribution in [-0.2, 0) is 9.53 Å². The van der Waals surface area contributed by atoms with E-state index in [1.165, 1.54) is 0 Å². The first kappa shape index (κ1) is 13.5. The maximum atomic E-state index is 11.6. The average molecular weight is 228 g/mol. The molecular weight excluding hydrogens is 204 g/mol. The smallest absolute Gasteiger partial charge is 0.249 e. The predicted octanol–water partition coefficient (Wildman–Crippen LogP) is 1.19. The van der Waals surface area contributed by atoms with E-state index in [0.29, 0.717) is 12.6 Å². The monoisotopic (exact) mass is 228 g/mol. The van der Waals surface area contributed by atoms with Crippen LogP contribution < -0.4 is 11.1 Å². The second-order valence-corrected chi connectivity index (χ2v) is 4.81. The minimum absolute atomic E-state index is 0.0166. The van der Waals surface area contributed by atoms with E-state index in [1.54, 1.807) is 6.92 Å². The average Bonchev–Trinajstić information content (AvgIpc) is 3.09. The highest BCUT2D eigenvalue weighted by Gasteiger charge is 2.27. The van der Waals surface area contributed by atoms with Gasteiger partial charge >= 0.3 is 0 Å². The Balaban J connectivity index is 2.26. The highest BCUT2D eigenvalue weighted by Crippen LogP contribution is 2.19. The molecule has 0 radical (unpaired) electrons. The van der Waals surface area contributed by atoms with Crippen molar-refractivity contribution in [1.82, 2.24) is 5.32 Å². The summed E-state index contributed by atoms with van der Waals surface area (Å²) >= 11 is 0. The lowest BCUT2D eigenvalue weighted by Gasteiger charge is -2.27. The molecule has 0 aromatic rings. The van der Waals surface area contributed by atoms with Crippen LogP contribution in [0.5, 0.6) is 0 Å². The largest absolute Gasteiger partial charge is 0.367 e. The molecule has 0 heterocycles. The van der Waals surface area contributed by atoms with Crippen molar-refractivity contribution in [2.75, 3.05) is 6.61 Å². The number of carbonyl (C=O) groups is 1. The van der Waals surface area contributed by atoms with Crippen molar-refractivity contribution in [2.45, 2.75) is 64.1 Å². The second kappa shape index (κ2) is 5.64. The predicted molar refractivity (Wildman–Crippen MR) is 64.1 cm³/mol. The molecular formula is C12H24N2O2. The van der Waals surface area contributed by atoms with Crippen molar-refractivity contribution in [2.24, 2.45) is 5.73 Å². The first-order valence-electron chi connectivity index (χ1n) is 6.21. The zero-order valence-electron chi connectivity index (χ0n) is 10.6. The molecule has 1 amide bonds. The third kappa shape index (κ3) is 4.10. The zero-order valence-corrected chi connectivity index (χ0v) is 10.6. The van der Waals surface area contributed by atoms with Gasteiger partial charge in [0.2, 0.25) is 5.91 Å². The Morgan fingerprint density at radius 1 is 1.50 bits per heavy atom. The fourth-order valence-corrected chi connectivity index (χ4v) is 1.37. The van der Waals surface area contributed by atoms with Gasteiger partial charge in [-0.25, -0.2) is 0 Å². The van der Waals surface area contributed by atoms with Gasteiger partial charge in [-0.05, 0) is 32.6 Å². The quantitative estimate of drug-likeness (QED) is 0.688. The van der Waals surface area contributed by atoms with Crippen molar-refractivity contribution >= 4 is 5.91 Å². The molecule has 3 N–H and O–H groups in total. The van der Waals surface area contributed by atoms with E-state index in [1.807, 2.05) is 13.8 Å². The maximum Gasteiger partial charge on any atom is 0.249 e. The van der Waals surface area contributed by atoms with E-state index < -0.39 is 6.10 Å². The summed E-state index contributed by atoms with van der Waals surface area (Å²) < 4.78 is 5.54. The van der Waals surface area contributed by atoms with Gasteiger partial charge in [0.05, 0.1) is 6.61 Å². The molecule has 0 spiro atoms. The summed E-state index contributed by atoms with van der Waals surface area (Å²) in [7, 11) is 0.